The van der Waals surface area contributed by atoms with Gasteiger partial charge in [-0.25, -0.2) is 0 Å². The smallest absolute Gasteiger partial charge is 0.297 e. The number of rotatable bonds is 7. The predicted molar refractivity (Wildman–Crippen MR) is 111 cm³/mol. The highest BCUT2D eigenvalue weighted by Gasteiger charge is 2.18. The molecule has 0 radical (unpaired) electrons. The lowest BCUT2D eigenvalue weighted by Crippen LogP contribution is -2.20. The Hall–Kier alpha value is -3.21. The normalized spacial score (nSPS) is 10.6. The maximum absolute atomic E-state index is 12.7. The molecule has 0 bridgehead atoms. The van der Waals surface area contributed by atoms with Crippen molar-refractivity contribution in [2.45, 2.75) is 20.5 Å². The van der Waals surface area contributed by atoms with Crippen LogP contribution in [0.2, 0.25) is 0 Å². The molecule has 2 aromatic carbocycles. The van der Waals surface area contributed by atoms with Crippen molar-refractivity contribution >= 4 is 10.9 Å². The first-order valence-corrected chi connectivity index (χ1v) is 9.15. The molecule has 146 valence electrons. The third-order valence-electron chi connectivity index (χ3n) is 4.45. The first-order chi connectivity index (χ1) is 13.5. The van der Waals surface area contributed by atoms with E-state index in [1.54, 1.807) is 11.6 Å². The molecule has 0 aliphatic carbocycles. The van der Waals surface area contributed by atoms with E-state index in [4.69, 9.17) is 14.2 Å². The summed E-state index contributed by atoms with van der Waals surface area (Å²) >= 11 is 0. The molecular formula is C23H25NO4. The van der Waals surface area contributed by atoms with Crippen LogP contribution in [0.15, 0.2) is 65.0 Å². The molecule has 0 saturated carbocycles. The van der Waals surface area contributed by atoms with E-state index >= 15 is 0 Å². The van der Waals surface area contributed by atoms with Gasteiger partial charge >= 0.3 is 0 Å². The van der Waals surface area contributed by atoms with Crippen molar-refractivity contribution in [1.29, 1.82) is 0 Å². The lowest BCUT2D eigenvalue weighted by molar-refractivity contribution is 0.306. The van der Waals surface area contributed by atoms with Gasteiger partial charge in [0.25, 0.3) is 5.56 Å². The average molecular weight is 379 g/mol. The van der Waals surface area contributed by atoms with E-state index in [0.717, 1.165) is 22.0 Å². The Bertz CT molecular complexity index is 1050. The number of benzene rings is 2. The summed E-state index contributed by atoms with van der Waals surface area (Å²) in [6.07, 6.45) is 1.96. The number of ether oxygens (including phenoxy) is 3. The number of hydrogen-bond donors (Lipinski definition) is 0. The van der Waals surface area contributed by atoms with Crippen LogP contribution < -0.4 is 19.8 Å². The number of allylic oxidation sites excluding steroid dienone is 1. The number of methoxy groups -OCH3 is 1. The van der Waals surface area contributed by atoms with Crippen LogP contribution in [-0.2, 0) is 13.7 Å². The SMILES string of the molecule is COc1c(OCC=C(C)C)c2ccc(OCc3ccccc3)cc2n(C)c1=O. The molecule has 0 amide bonds. The van der Waals surface area contributed by atoms with Gasteiger partial charge in [-0.2, -0.15) is 0 Å². The summed E-state index contributed by atoms with van der Waals surface area (Å²) in [4.78, 5) is 12.7. The third kappa shape index (κ3) is 4.19. The number of hydrogen-bond acceptors (Lipinski definition) is 4. The number of aromatic nitrogens is 1. The highest BCUT2D eigenvalue weighted by molar-refractivity contribution is 5.89. The highest BCUT2D eigenvalue weighted by atomic mass is 16.5. The highest BCUT2D eigenvalue weighted by Crippen LogP contribution is 2.34. The minimum atomic E-state index is -0.248. The zero-order chi connectivity index (χ0) is 20.1. The van der Waals surface area contributed by atoms with Crippen molar-refractivity contribution in [3.63, 3.8) is 0 Å². The van der Waals surface area contributed by atoms with Crippen LogP contribution in [0.4, 0.5) is 0 Å². The first kappa shape index (κ1) is 19.5. The molecule has 0 aliphatic rings. The molecule has 5 nitrogen and oxygen atoms in total. The van der Waals surface area contributed by atoms with Crippen LogP contribution >= 0.6 is 0 Å². The maximum atomic E-state index is 12.7. The van der Waals surface area contributed by atoms with Gasteiger partial charge in [0.1, 0.15) is 19.0 Å². The van der Waals surface area contributed by atoms with Crippen molar-refractivity contribution < 1.29 is 14.2 Å². The Labute approximate surface area is 164 Å². The topological polar surface area (TPSA) is 49.7 Å². The summed E-state index contributed by atoms with van der Waals surface area (Å²) in [6.45, 7) is 4.83. The van der Waals surface area contributed by atoms with E-state index in [1.165, 1.54) is 7.11 Å². The predicted octanol–water partition coefficient (Wildman–Crippen LogP) is 4.47. The van der Waals surface area contributed by atoms with E-state index in [-0.39, 0.29) is 11.3 Å². The number of pyridine rings is 1. The summed E-state index contributed by atoms with van der Waals surface area (Å²) in [5.41, 5.74) is 2.70. The van der Waals surface area contributed by atoms with Crippen LogP contribution in [0.5, 0.6) is 17.2 Å². The van der Waals surface area contributed by atoms with E-state index in [2.05, 4.69) is 0 Å². The van der Waals surface area contributed by atoms with Crippen molar-refractivity contribution in [3.8, 4) is 17.2 Å². The van der Waals surface area contributed by atoms with Crippen molar-refractivity contribution in [1.82, 2.24) is 4.57 Å². The largest absolute Gasteiger partial charge is 0.489 e. The van der Waals surface area contributed by atoms with E-state index < -0.39 is 0 Å². The molecule has 5 heteroatoms. The Morgan fingerprint density at radius 2 is 1.79 bits per heavy atom. The average Bonchev–Trinajstić information content (AvgIpc) is 2.70. The lowest BCUT2D eigenvalue weighted by atomic mass is 10.1. The Morgan fingerprint density at radius 1 is 1.04 bits per heavy atom. The van der Waals surface area contributed by atoms with E-state index in [0.29, 0.717) is 24.7 Å². The minimum absolute atomic E-state index is 0.204. The summed E-state index contributed by atoms with van der Waals surface area (Å²) in [5, 5.41) is 0.799. The molecule has 0 N–H and O–H groups in total. The van der Waals surface area contributed by atoms with Gasteiger partial charge in [0, 0.05) is 18.5 Å². The molecular weight excluding hydrogens is 354 g/mol. The minimum Gasteiger partial charge on any atom is -0.489 e. The fourth-order valence-corrected chi connectivity index (χ4v) is 2.91. The van der Waals surface area contributed by atoms with Crippen molar-refractivity contribution in [3.05, 3.63) is 76.1 Å². The second kappa shape index (κ2) is 8.65. The summed E-state index contributed by atoms with van der Waals surface area (Å²) in [7, 11) is 3.20. The summed E-state index contributed by atoms with van der Waals surface area (Å²) in [6, 6.07) is 15.6. The molecule has 1 aromatic heterocycles. The fraction of sp³-hybridized carbons (Fsp3) is 0.261. The number of fused-ring (bicyclic) bond motifs is 1. The second-order valence-electron chi connectivity index (χ2n) is 6.77. The maximum Gasteiger partial charge on any atom is 0.297 e. The van der Waals surface area contributed by atoms with Crippen LogP contribution in [0.1, 0.15) is 19.4 Å². The molecule has 3 aromatic rings. The molecule has 3 rings (SSSR count). The van der Waals surface area contributed by atoms with Gasteiger partial charge < -0.3 is 18.8 Å². The van der Waals surface area contributed by atoms with Crippen LogP contribution in [0.3, 0.4) is 0 Å². The zero-order valence-electron chi connectivity index (χ0n) is 16.7. The number of aryl methyl sites for hydroxylation is 1. The molecule has 0 atom stereocenters. The van der Waals surface area contributed by atoms with Gasteiger partial charge in [0.05, 0.1) is 12.6 Å². The Kier molecular flexibility index (Phi) is 6.04. The third-order valence-corrected chi connectivity index (χ3v) is 4.45. The van der Waals surface area contributed by atoms with Crippen LogP contribution in [0.25, 0.3) is 10.9 Å². The van der Waals surface area contributed by atoms with Crippen molar-refractivity contribution in [2.24, 2.45) is 7.05 Å². The Morgan fingerprint density at radius 3 is 2.46 bits per heavy atom. The lowest BCUT2D eigenvalue weighted by Gasteiger charge is -2.16. The summed E-state index contributed by atoms with van der Waals surface area (Å²) in [5.74, 6) is 1.34. The first-order valence-electron chi connectivity index (χ1n) is 9.15. The molecule has 0 aliphatic heterocycles. The molecule has 0 fully saturated rings. The summed E-state index contributed by atoms with van der Waals surface area (Å²) < 4.78 is 18.7. The van der Waals surface area contributed by atoms with Crippen LogP contribution in [-0.4, -0.2) is 18.3 Å². The zero-order valence-corrected chi connectivity index (χ0v) is 16.7. The fourth-order valence-electron chi connectivity index (χ4n) is 2.91. The van der Waals surface area contributed by atoms with Gasteiger partial charge in [-0.05, 0) is 37.6 Å². The van der Waals surface area contributed by atoms with Crippen molar-refractivity contribution in [2.75, 3.05) is 13.7 Å². The van der Waals surface area contributed by atoms with Crippen LogP contribution in [0, 0.1) is 0 Å². The molecule has 0 unspecified atom stereocenters. The quantitative estimate of drug-likeness (QED) is 0.568. The van der Waals surface area contributed by atoms with E-state index in [1.807, 2.05) is 68.5 Å². The standard InChI is InChI=1S/C23H25NO4/c1-16(2)12-13-27-21-19-11-10-18(28-15-17-8-6-5-7-9-17)14-20(19)24(3)23(25)22(21)26-4/h5-12,14H,13,15H2,1-4H3. The van der Waals surface area contributed by atoms with Gasteiger partial charge in [-0.1, -0.05) is 35.9 Å². The molecule has 28 heavy (non-hydrogen) atoms. The molecule has 0 saturated heterocycles. The second-order valence-corrected chi connectivity index (χ2v) is 6.77. The molecule has 0 spiro atoms. The number of nitrogens with zero attached hydrogens (tertiary/aromatic N) is 1. The van der Waals surface area contributed by atoms with Gasteiger partial charge in [0.2, 0.25) is 5.75 Å². The molecule has 1 heterocycles. The Balaban J connectivity index is 1.99. The van der Waals surface area contributed by atoms with E-state index in [9.17, 15) is 4.79 Å². The monoisotopic (exact) mass is 379 g/mol. The van der Waals surface area contributed by atoms with Gasteiger partial charge in [-0.3, -0.25) is 4.79 Å². The van der Waals surface area contributed by atoms with Gasteiger partial charge in [-0.15, -0.1) is 0 Å². The van der Waals surface area contributed by atoms with Gasteiger partial charge in [0.15, 0.2) is 5.75 Å².